The largest absolute Gasteiger partial charge is 0.430 e. The van der Waals surface area contributed by atoms with E-state index in [4.69, 9.17) is 10.00 Å². The van der Waals surface area contributed by atoms with Gasteiger partial charge in [-0.25, -0.2) is 4.98 Å². The molecule has 0 aliphatic carbocycles. The van der Waals surface area contributed by atoms with Crippen molar-refractivity contribution in [1.29, 1.82) is 5.26 Å². The molecule has 0 N–H and O–H groups in total. The van der Waals surface area contributed by atoms with Crippen LogP contribution in [0.2, 0.25) is 0 Å². The minimum Gasteiger partial charge on any atom is -0.430 e. The van der Waals surface area contributed by atoms with Crippen molar-refractivity contribution in [2.75, 3.05) is 0 Å². The van der Waals surface area contributed by atoms with Gasteiger partial charge in [0, 0.05) is 12.3 Å². The highest BCUT2D eigenvalue weighted by atomic mass is 16.6. The Balaban J connectivity index is 2.49. The van der Waals surface area contributed by atoms with Crippen LogP contribution in [0.4, 0.5) is 5.69 Å². The van der Waals surface area contributed by atoms with E-state index in [2.05, 4.69) is 4.98 Å². The predicted octanol–water partition coefficient (Wildman–Crippen LogP) is 3.27. The number of aryl methyl sites for hydroxylation is 2. The van der Waals surface area contributed by atoms with Gasteiger partial charge < -0.3 is 4.74 Å². The predicted molar refractivity (Wildman–Crippen MR) is 71.6 cm³/mol. The molecule has 6 nitrogen and oxygen atoms in total. The zero-order valence-corrected chi connectivity index (χ0v) is 11.0. The summed E-state index contributed by atoms with van der Waals surface area (Å²) in [5.41, 5.74) is 1.56. The minimum absolute atomic E-state index is 0.0650. The molecule has 0 radical (unpaired) electrons. The first-order valence-electron chi connectivity index (χ1n) is 5.81. The third kappa shape index (κ3) is 2.57. The lowest BCUT2D eigenvalue weighted by molar-refractivity contribution is -0.385. The third-order valence-corrected chi connectivity index (χ3v) is 2.75. The molecule has 0 amide bonds. The summed E-state index contributed by atoms with van der Waals surface area (Å²) in [5, 5.41) is 20.1. The number of aromatic nitrogens is 1. The molecule has 0 unspecified atom stereocenters. The molecule has 0 bridgehead atoms. The van der Waals surface area contributed by atoms with Gasteiger partial charge in [0.1, 0.15) is 11.6 Å². The number of hydrogen-bond acceptors (Lipinski definition) is 5. The second-order valence-corrected chi connectivity index (χ2v) is 4.25. The SMILES string of the molecule is Cc1ccc(Oc2nccc(C)c2C#N)c([N+](=O)[O-])c1. The van der Waals surface area contributed by atoms with Crippen LogP contribution in [0, 0.1) is 35.3 Å². The molecule has 0 spiro atoms. The summed E-state index contributed by atoms with van der Waals surface area (Å²) in [4.78, 5) is 14.5. The van der Waals surface area contributed by atoms with Gasteiger partial charge in [0.15, 0.2) is 0 Å². The molecule has 0 aliphatic heterocycles. The molecule has 0 fully saturated rings. The van der Waals surface area contributed by atoms with Crippen LogP contribution in [0.1, 0.15) is 16.7 Å². The van der Waals surface area contributed by atoms with E-state index in [0.29, 0.717) is 5.56 Å². The van der Waals surface area contributed by atoms with Gasteiger partial charge in [-0.1, -0.05) is 6.07 Å². The molecule has 2 aromatic rings. The van der Waals surface area contributed by atoms with Crippen molar-refractivity contribution in [2.45, 2.75) is 13.8 Å². The highest BCUT2D eigenvalue weighted by Crippen LogP contribution is 2.32. The van der Waals surface area contributed by atoms with Crippen molar-refractivity contribution in [2.24, 2.45) is 0 Å². The number of nitro benzene ring substituents is 1. The molecule has 20 heavy (non-hydrogen) atoms. The third-order valence-electron chi connectivity index (χ3n) is 2.75. The molecular weight excluding hydrogens is 258 g/mol. The highest BCUT2D eigenvalue weighted by Gasteiger charge is 2.18. The van der Waals surface area contributed by atoms with Crippen molar-refractivity contribution in [3.63, 3.8) is 0 Å². The Kier molecular flexibility index (Phi) is 3.62. The lowest BCUT2D eigenvalue weighted by Crippen LogP contribution is -1.98. The van der Waals surface area contributed by atoms with E-state index in [1.165, 1.54) is 18.3 Å². The van der Waals surface area contributed by atoms with Gasteiger partial charge in [-0.3, -0.25) is 10.1 Å². The van der Waals surface area contributed by atoms with E-state index < -0.39 is 4.92 Å². The summed E-state index contributed by atoms with van der Waals surface area (Å²) in [6, 6.07) is 8.27. The standard InChI is InChI=1S/C14H11N3O3/c1-9-3-4-13(12(7-9)17(18)19)20-14-11(8-15)10(2)5-6-16-14/h3-7H,1-2H3. The highest BCUT2D eigenvalue weighted by molar-refractivity contribution is 5.52. The lowest BCUT2D eigenvalue weighted by Gasteiger charge is -2.08. The summed E-state index contributed by atoms with van der Waals surface area (Å²) in [7, 11) is 0. The molecule has 100 valence electrons. The van der Waals surface area contributed by atoms with E-state index in [1.807, 2.05) is 6.07 Å². The minimum atomic E-state index is -0.524. The lowest BCUT2D eigenvalue weighted by atomic mass is 10.1. The molecule has 0 saturated carbocycles. The van der Waals surface area contributed by atoms with Crippen molar-refractivity contribution in [3.05, 3.63) is 57.3 Å². The molecule has 1 aromatic heterocycles. The Morgan fingerprint density at radius 2 is 2.10 bits per heavy atom. The number of hydrogen-bond donors (Lipinski definition) is 0. The van der Waals surface area contributed by atoms with Crippen LogP contribution in [-0.2, 0) is 0 Å². The first kappa shape index (κ1) is 13.5. The smallest absolute Gasteiger partial charge is 0.311 e. The van der Waals surface area contributed by atoms with E-state index in [0.717, 1.165) is 5.56 Å². The maximum Gasteiger partial charge on any atom is 0.311 e. The Hall–Kier alpha value is -2.94. The Morgan fingerprint density at radius 3 is 2.75 bits per heavy atom. The number of ether oxygens (including phenoxy) is 1. The van der Waals surface area contributed by atoms with E-state index in [1.54, 1.807) is 26.0 Å². The molecule has 0 atom stereocenters. The first-order chi connectivity index (χ1) is 9.52. The molecule has 1 heterocycles. The molecular formula is C14H11N3O3. The molecule has 2 rings (SSSR count). The van der Waals surface area contributed by atoms with Gasteiger partial charge in [0.2, 0.25) is 11.6 Å². The van der Waals surface area contributed by atoms with Gasteiger partial charge in [-0.15, -0.1) is 0 Å². The fourth-order valence-corrected chi connectivity index (χ4v) is 1.71. The van der Waals surface area contributed by atoms with E-state index in [-0.39, 0.29) is 22.9 Å². The molecule has 0 saturated heterocycles. The number of nitro groups is 1. The topological polar surface area (TPSA) is 89.0 Å². The number of benzene rings is 1. The Morgan fingerprint density at radius 1 is 1.35 bits per heavy atom. The summed E-state index contributed by atoms with van der Waals surface area (Å²) in [6.07, 6.45) is 1.49. The van der Waals surface area contributed by atoms with Gasteiger partial charge in [-0.05, 0) is 37.1 Å². The summed E-state index contributed by atoms with van der Waals surface area (Å²) in [5.74, 6) is 0.134. The average molecular weight is 269 g/mol. The van der Waals surface area contributed by atoms with Gasteiger partial charge in [-0.2, -0.15) is 5.26 Å². The molecule has 1 aromatic carbocycles. The second kappa shape index (κ2) is 5.36. The van der Waals surface area contributed by atoms with Crippen LogP contribution >= 0.6 is 0 Å². The zero-order valence-electron chi connectivity index (χ0n) is 11.0. The van der Waals surface area contributed by atoms with Crippen LogP contribution in [0.15, 0.2) is 30.5 Å². The summed E-state index contributed by atoms with van der Waals surface area (Å²) >= 11 is 0. The van der Waals surface area contributed by atoms with Crippen LogP contribution in [0.5, 0.6) is 11.6 Å². The van der Waals surface area contributed by atoms with Crippen molar-refractivity contribution in [1.82, 2.24) is 4.98 Å². The van der Waals surface area contributed by atoms with Crippen LogP contribution in [-0.4, -0.2) is 9.91 Å². The number of rotatable bonds is 3. The zero-order chi connectivity index (χ0) is 14.7. The van der Waals surface area contributed by atoms with Crippen LogP contribution < -0.4 is 4.74 Å². The maximum absolute atomic E-state index is 11.0. The fraction of sp³-hybridized carbons (Fsp3) is 0.143. The Bertz CT molecular complexity index is 720. The van der Waals surface area contributed by atoms with Crippen molar-refractivity contribution >= 4 is 5.69 Å². The first-order valence-corrected chi connectivity index (χ1v) is 5.81. The normalized spacial score (nSPS) is 9.85. The van der Waals surface area contributed by atoms with Gasteiger partial charge >= 0.3 is 5.69 Å². The second-order valence-electron chi connectivity index (χ2n) is 4.25. The molecule has 6 heteroatoms. The Labute approximate surface area is 115 Å². The average Bonchev–Trinajstić information content (AvgIpc) is 2.41. The number of nitriles is 1. The maximum atomic E-state index is 11.0. The van der Waals surface area contributed by atoms with Crippen molar-refractivity contribution < 1.29 is 9.66 Å². The fourth-order valence-electron chi connectivity index (χ4n) is 1.71. The summed E-state index contributed by atoms with van der Waals surface area (Å²) in [6.45, 7) is 3.50. The number of nitrogens with zero attached hydrogens (tertiary/aromatic N) is 3. The van der Waals surface area contributed by atoms with Crippen molar-refractivity contribution in [3.8, 4) is 17.7 Å². The summed E-state index contributed by atoms with van der Waals surface area (Å²) < 4.78 is 5.45. The monoisotopic (exact) mass is 269 g/mol. The van der Waals surface area contributed by atoms with E-state index in [9.17, 15) is 10.1 Å². The molecule has 0 aliphatic rings. The van der Waals surface area contributed by atoms with E-state index >= 15 is 0 Å². The van der Waals surface area contributed by atoms with Crippen LogP contribution in [0.3, 0.4) is 0 Å². The number of pyridine rings is 1. The van der Waals surface area contributed by atoms with Crippen LogP contribution in [0.25, 0.3) is 0 Å². The van der Waals surface area contributed by atoms with Gasteiger partial charge in [0.05, 0.1) is 4.92 Å². The quantitative estimate of drug-likeness (QED) is 0.630. The van der Waals surface area contributed by atoms with Gasteiger partial charge in [0.25, 0.3) is 0 Å².